The van der Waals surface area contributed by atoms with Gasteiger partial charge in [0.2, 0.25) is 0 Å². The minimum absolute atomic E-state index is 0.378. The molecule has 0 aliphatic heterocycles. The van der Waals surface area contributed by atoms with E-state index in [-0.39, 0.29) is 0 Å². The zero-order valence-corrected chi connectivity index (χ0v) is 9.57. The molecule has 4 heteroatoms. The first kappa shape index (κ1) is 12.3. The topological polar surface area (TPSA) is 50.1 Å². The van der Waals surface area contributed by atoms with Crippen molar-refractivity contribution in [1.82, 2.24) is 0 Å². The summed E-state index contributed by atoms with van der Waals surface area (Å²) in [4.78, 5) is 11.5. The molecule has 0 N–H and O–H groups in total. The summed E-state index contributed by atoms with van der Waals surface area (Å²) in [5, 5.41) is 9.07. The maximum atomic E-state index is 11.5. The Kier molecular flexibility index (Phi) is 3.39. The van der Waals surface area contributed by atoms with Crippen LogP contribution in [0.4, 0.5) is 0 Å². The van der Waals surface area contributed by atoms with Crippen LogP contribution >= 0.6 is 0 Å². The predicted octanol–water partition coefficient (Wildman–Crippen LogP) is 1.07. The summed E-state index contributed by atoms with van der Waals surface area (Å²) in [5.41, 5.74) is 0.704. The smallest absolute Gasteiger partial charge is 0.338 e. The van der Waals surface area contributed by atoms with E-state index in [2.05, 4.69) is 10.8 Å². The Morgan fingerprint density at radius 3 is 2.62 bits per heavy atom. The molecule has 2 radical (unpaired) electrons. The van der Waals surface area contributed by atoms with Crippen molar-refractivity contribution in [3.05, 3.63) is 29.3 Å². The van der Waals surface area contributed by atoms with Crippen molar-refractivity contribution in [3.63, 3.8) is 0 Å². The van der Waals surface area contributed by atoms with Crippen molar-refractivity contribution in [1.29, 1.82) is 5.26 Å². The Labute approximate surface area is 96.4 Å². The van der Waals surface area contributed by atoms with E-state index in [0.717, 1.165) is 0 Å². The molecule has 0 amide bonds. The van der Waals surface area contributed by atoms with Crippen molar-refractivity contribution < 1.29 is 9.53 Å². The van der Waals surface area contributed by atoms with Gasteiger partial charge in [0.15, 0.2) is 0 Å². The highest BCUT2D eigenvalue weighted by Crippen LogP contribution is 2.25. The maximum Gasteiger partial charge on any atom is 0.338 e. The van der Waals surface area contributed by atoms with Crippen LogP contribution < -0.4 is 5.46 Å². The fourth-order valence-electron chi connectivity index (χ4n) is 1.43. The molecule has 0 heterocycles. The van der Waals surface area contributed by atoms with E-state index in [1.54, 1.807) is 32.0 Å². The van der Waals surface area contributed by atoms with Crippen molar-refractivity contribution in [2.45, 2.75) is 19.3 Å². The van der Waals surface area contributed by atoms with Crippen LogP contribution in [-0.2, 0) is 10.2 Å². The Bertz CT molecular complexity index is 461. The number of hydrogen-bond acceptors (Lipinski definition) is 3. The molecule has 3 nitrogen and oxygen atoms in total. The number of rotatable bonds is 2. The van der Waals surface area contributed by atoms with E-state index in [9.17, 15) is 4.79 Å². The highest BCUT2D eigenvalue weighted by atomic mass is 16.5. The lowest BCUT2D eigenvalue weighted by molar-refractivity contribution is 0.0598. The van der Waals surface area contributed by atoms with Gasteiger partial charge < -0.3 is 4.74 Å². The quantitative estimate of drug-likeness (QED) is 0.545. The van der Waals surface area contributed by atoms with Gasteiger partial charge in [0.05, 0.1) is 24.2 Å². The van der Waals surface area contributed by atoms with Gasteiger partial charge in [-0.1, -0.05) is 17.6 Å². The summed E-state index contributed by atoms with van der Waals surface area (Å²) in [5.74, 6) is -0.460. The number of carbonyl (C=O) groups excluding carboxylic acids is 1. The zero-order valence-electron chi connectivity index (χ0n) is 9.57. The van der Waals surface area contributed by atoms with Crippen LogP contribution in [0.5, 0.6) is 0 Å². The zero-order chi connectivity index (χ0) is 12.3. The molecule has 1 aromatic carbocycles. The molecule has 0 fully saturated rings. The second kappa shape index (κ2) is 4.40. The molecule has 0 saturated heterocycles. The summed E-state index contributed by atoms with van der Waals surface area (Å²) >= 11 is 0. The van der Waals surface area contributed by atoms with E-state index in [4.69, 9.17) is 13.1 Å². The molecule has 0 spiro atoms. The van der Waals surface area contributed by atoms with Gasteiger partial charge in [-0.15, -0.1) is 0 Å². The fraction of sp³-hybridized carbons (Fsp3) is 0.333. The highest BCUT2D eigenvalue weighted by molar-refractivity contribution is 6.32. The van der Waals surface area contributed by atoms with Crippen molar-refractivity contribution in [2.24, 2.45) is 0 Å². The summed E-state index contributed by atoms with van der Waals surface area (Å²) in [6.07, 6.45) is 0. The number of esters is 1. The first-order valence-corrected chi connectivity index (χ1v) is 4.82. The normalized spacial score (nSPS) is 10.6. The number of nitriles is 1. The lowest BCUT2D eigenvalue weighted by Crippen LogP contribution is -2.22. The molecule has 1 rings (SSSR count). The fourth-order valence-corrected chi connectivity index (χ4v) is 1.43. The Hall–Kier alpha value is -1.76. The predicted molar refractivity (Wildman–Crippen MR) is 61.8 cm³/mol. The van der Waals surface area contributed by atoms with Crippen molar-refractivity contribution in [2.75, 3.05) is 7.11 Å². The maximum absolute atomic E-state index is 11.5. The summed E-state index contributed by atoms with van der Waals surface area (Å²) in [6.45, 7) is 3.46. The van der Waals surface area contributed by atoms with Gasteiger partial charge in [0.25, 0.3) is 0 Å². The summed E-state index contributed by atoms with van der Waals surface area (Å²) in [6, 6.07) is 6.97. The third-order valence-electron chi connectivity index (χ3n) is 2.40. The molecule has 16 heavy (non-hydrogen) atoms. The van der Waals surface area contributed by atoms with E-state index in [0.29, 0.717) is 16.6 Å². The van der Waals surface area contributed by atoms with E-state index in [1.165, 1.54) is 7.11 Å². The molecule has 0 saturated carbocycles. The van der Waals surface area contributed by atoms with Gasteiger partial charge in [-0.25, -0.2) is 4.79 Å². The second-order valence-electron chi connectivity index (χ2n) is 4.03. The molecular weight excluding hydrogens is 201 g/mol. The van der Waals surface area contributed by atoms with Gasteiger partial charge >= 0.3 is 5.97 Å². The Morgan fingerprint density at radius 2 is 2.12 bits per heavy atom. The van der Waals surface area contributed by atoms with Crippen LogP contribution in [0, 0.1) is 11.3 Å². The SMILES string of the molecule is [B]c1ccc(C(=O)OC)c(C(C)(C)C#N)c1. The van der Waals surface area contributed by atoms with E-state index >= 15 is 0 Å². The van der Waals surface area contributed by atoms with Gasteiger partial charge in [-0.3, -0.25) is 0 Å². The van der Waals surface area contributed by atoms with Gasteiger partial charge in [0.1, 0.15) is 7.85 Å². The lowest BCUT2D eigenvalue weighted by Gasteiger charge is -2.19. The van der Waals surface area contributed by atoms with Gasteiger partial charge in [0, 0.05) is 0 Å². The average Bonchev–Trinajstić information content (AvgIpc) is 2.28. The van der Waals surface area contributed by atoms with E-state index in [1.807, 2.05) is 0 Å². The number of carbonyl (C=O) groups is 1. The Morgan fingerprint density at radius 1 is 1.50 bits per heavy atom. The third kappa shape index (κ3) is 2.25. The van der Waals surface area contributed by atoms with E-state index < -0.39 is 11.4 Å². The standard InChI is InChI=1S/C12H12BNO2/c1-12(2,7-14)10-6-8(13)4-5-9(10)11(15)16-3/h4-6H,1-3H3. The highest BCUT2D eigenvalue weighted by Gasteiger charge is 2.26. The van der Waals surface area contributed by atoms with Crippen LogP contribution in [-0.4, -0.2) is 20.9 Å². The van der Waals surface area contributed by atoms with Crippen molar-refractivity contribution >= 4 is 19.3 Å². The molecule has 0 aliphatic rings. The average molecular weight is 213 g/mol. The molecule has 0 aromatic heterocycles. The van der Waals surface area contributed by atoms with Crippen molar-refractivity contribution in [3.8, 4) is 6.07 Å². The number of ether oxygens (including phenoxy) is 1. The number of benzene rings is 1. The molecule has 0 aliphatic carbocycles. The summed E-state index contributed by atoms with van der Waals surface area (Å²) in [7, 11) is 6.97. The summed E-state index contributed by atoms with van der Waals surface area (Å²) < 4.78 is 4.67. The number of nitrogens with zero attached hydrogens (tertiary/aromatic N) is 1. The largest absolute Gasteiger partial charge is 0.465 e. The molecule has 0 bridgehead atoms. The third-order valence-corrected chi connectivity index (χ3v) is 2.40. The van der Waals surface area contributed by atoms with Gasteiger partial charge in [-0.2, -0.15) is 5.26 Å². The molecule has 80 valence electrons. The van der Waals surface area contributed by atoms with Crippen LogP contribution in [0.2, 0.25) is 0 Å². The molecular formula is C12H12BNO2. The minimum atomic E-state index is -0.779. The van der Waals surface area contributed by atoms with Crippen LogP contribution in [0.1, 0.15) is 29.8 Å². The monoisotopic (exact) mass is 213 g/mol. The number of hydrogen-bond donors (Lipinski definition) is 0. The van der Waals surface area contributed by atoms with Crippen LogP contribution in [0.25, 0.3) is 0 Å². The molecule has 0 atom stereocenters. The second-order valence-corrected chi connectivity index (χ2v) is 4.03. The minimum Gasteiger partial charge on any atom is -0.465 e. The van der Waals surface area contributed by atoms with Gasteiger partial charge in [-0.05, 0) is 25.5 Å². The first-order valence-electron chi connectivity index (χ1n) is 4.82. The molecule has 1 aromatic rings. The lowest BCUT2D eigenvalue weighted by atomic mass is 9.79. The first-order chi connectivity index (χ1) is 7.42. The Balaban J connectivity index is 3.42. The van der Waals surface area contributed by atoms with Crippen LogP contribution in [0.3, 0.4) is 0 Å². The van der Waals surface area contributed by atoms with Crippen LogP contribution in [0.15, 0.2) is 18.2 Å². The number of methoxy groups -OCH3 is 1. The molecule has 0 unspecified atom stereocenters.